The maximum atomic E-state index is 13.7. The zero-order valence-electron chi connectivity index (χ0n) is 12.1. The summed E-state index contributed by atoms with van der Waals surface area (Å²) in [6.07, 6.45) is 0.554. The van der Waals surface area contributed by atoms with Gasteiger partial charge < -0.3 is 15.3 Å². The molecule has 1 fully saturated rings. The number of anilines is 1. The van der Waals surface area contributed by atoms with E-state index in [2.05, 4.69) is 5.32 Å². The first-order chi connectivity index (χ1) is 9.86. The molecular formula is C15H19FN2O3. The Hall–Kier alpha value is -2.11. The van der Waals surface area contributed by atoms with Gasteiger partial charge in [-0.05, 0) is 37.0 Å². The van der Waals surface area contributed by atoms with Crippen LogP contribution in [0.2, 0.25) is 0 Å². The third kappa shape index (κ3) is 3.71. The van der Waals surface area contributed by atoms with Crippen molar-refractivity contribution in [3.8, 4) is 0 Å². The molecule has 0 aliphatic carbocycles. The summed E-state index contributed by atoms with van der Waals surface area (Å²) in [5, 5.41) is 11.6. The minimum atomic E-state index is -0.902. The van der Waals surface area contributed by atoms with Crippen molar-refractivity contribution in [2.45, 2.75) is 20.3 Å². The van der Waals surface area contributed by atoms with Gasteiger partial charge in [0.15, 0.2) is 0 Å². The summed E-state index contributed by atoms with van der Waals surface area (Å²) in [4.78, 5) is 24.7. The van der Waals surface area contributed by atoms with E-state index in [0.717, 1.165) is 5.56 Å². The molecule has 2 N–H and O–H groups in total. The monoisotopic (exact) mass is 294 g/mol. The van der Waals surface area contributed by atoms with Crippen LogP contribution in [0.4, 0.5) is 14.9 Å². The fourth-order valence-electron chi connectivity index (χ4n) is 2.61. The second kappa shape index (κ2) is 6.11. The number of nitrogens with one attached hydrogen (secondary N) is 1. The summed E-state index contributed by atoms with van der Waals surface area (Å²) in [5.41, 5.74) is 0.874. The number of benzene rings is 1. The highest BCUT2D eigenvalue weighted by molar-refractivity contribution is 5.90. The molecule has 0 bridgehead atoms. The highest BCUT2D eigenvalue weighted by Gasteiger charge is 2.32. The van der Waals surface area contributed by atoms with Crippen LogP contribution < -0.4 is 5.32 Å². The maximum Gasteiger partial charge on any atom is 0.321 e. The van der Waals surface area contributed by atoms with E-state index in [1.807, 2.05) is 6.92 Å². The molecule has 0 saturated carbocycles. The number of nitrogens with zero attached hydrogens (tertiary/aromatic N) is 1. The van der Waals surface area contributed by atoms with Crippen LogP contribution in [0.5, 0.6) is 0 Å². The molecule has 21 heavy (non-hydrogen) atoms. The number of urea groups is 1. The summed E-state index contributed by atoms with van der Waals surface area (Å²) in [7, 11) is 0. The molecule has 1 heterocycles. The minimum absolute atomic E-state index is 0.105. The van der Waals surface area contributed by atoms with Crippen LogP contribution in [0, 0.1) is 24.6 Å². The summed E-state index contributed by atoms with van der Waals surface area (Å²) in [6.45, 7) is 4.29. The summed E-state index contributed by atoms with van der Waals surface area (Å²) >= 11 is 0. The first kappa shape index (κ1) is 15.3. The first-order valence-electron chi connectivity index (χ1n) is 6.91. The Bertz CT molecular complexity index is 562. The predicted molar refractivity (Wildman–Crippen MR) is 76.6 cm³/mol. The SMILES string of the molecule is Cc1ccc(NC(=O)N2CC(C)CC(C(=O)O)C2)c(F)c1. The smallest absolute Gasteiger partial charge is 0.321 e. The number of amides is 2. The van der Waals surface area contributed by atoms with Crippen molar-refractivity contribution in [1.82, 2.24) is 4.90 Å². The lowest BCUT2D eigenvalue weighted by molar-refractivity contribution is -0.143. The average Bonchev–Trinajstić information content (AvgIpc) is 2.41. The van der Waals surface area contributed by atoms with Crippen LogP contribution in [0.3, 0.4) is 0 Å². The number of rotatable bonds is 2. The molecular weight excluding hydrogens is 275 g/mol. The fourth-order valence-corrected chi connectivity index (χ4v) is 2.61. The number of carbonyl (C=O) groups is 2. The molecule has 0 radical (unpaired) electrons. The van der Waals surface area contributed by atoms with Gasteiger partial charge in [0.25, 0.3) is 0 Å². The van der Waals surface area contributed by atoms with Crippen LogP contribution in [0.25, 0.3) is 0 Å². The maximum absolute atomic E-state index is 13.7. The quantitative estimate of drug-likeness (QED) is 0.881. The number of carboxylic acid groups (broad SMARTS) is 1. The van der Waals surface area contributed by atoms with Crippen molar-refractivity contribution in [2.75, 3.05) is 18.4 Å². The number of carboxylic acids is 1. The minimum Gasteiger partial charge on any atom is -0.481 e. The third-order valence-corrected chi connectivity index (χ3v) is 3.66. The van der Waals surface area contributed by atoms with Gasteiger partial charge in [0, 0.05) is 13.1 Å². The van der Waals surface area contributed by atoms with Crippen molar-refractivity contribution in [3.05, 3.63) is 29.6 Å². The molecule has 2 atom stereocenters. The van der Waals surface area contributed by atoms with Crippen LogP contribution in [-0.2, 0) is 4.79 Å². The lowest BCUT2D eigenvalue weighted by Gasteiger charge is -2.34. The van der Waals surface area contributed by atoms with Gasteiger partial charge in [0.1, 0.15) is 5.82 Å². The van der Waals surface area contributed by atoms with Crippen molar-refractivity contribution in [2.24, 2.45) is 11.8 Å². The van der Waals surface area contributed by atoms with Gasteiger partial charge >= 0.3 is 12.0 Å². The normalized spacial score (nSPS) is 22.0. The van der Waals surface area contributed by atoms with E-state index < -0.39 is 23.7 Å². The number of likely N-dealkylation sites (tertiary alicyclic amines) is 1. The van der Waals surface area contributed by atoms with E-state index >= 15 is 0 Å². The zero-order valence-corrected chi connectivity index (χ0v) is 12.1. The number of hydrogen-bond donors (Lipinski definition) is 2. The molecule has 0 spiro atoms. The molecule has 1 aromatic carbocycles. The highest BCUT2D eigenvalue weighted by Crippen LogP contribution is 2.23. The summed E-state index contributed by atoms with van der Waals surface area (Å²) in [5.74, 6) is -1.86. The largest absolute Gasteiger partial charge is 0.481 e. The number of aryl methyl sites for hydroxylation is 1. The van der Waals surface area contributed by atoms with Gasteiger partial charge in [-0.1, -0.05) is 13.0 Å². The Kier molecular flexibility index (Phi) is 4.45. The van der Waals surface area contributed by atoms with E-state index in [9.17, 15) is 14.0 Å². The lowest BCUT2D eigenvalue weighted by Crippen LogP contribution is -2.47. The predicted octanol–water partition coefficient (Wildman–Crippen LogP) is 2.71. The van der Waals surface area contributed by atoms with E-state index in [1.54, 1.807) is 13.0 Å². The van der Waals surface area contributed by atoms with E-state index in [-0.39, 0.29) is 18.2 Å². The van der Waals surface area contributed by atoms with Crippen LogP contribution in [-0.4, -0.2) is 35.1 Å². The molecule has 2 amide bonds. The molecule has 6 heteroatoms. The van der Waals surface area contributed by atoms with Gasteiger partial charge in [0.2, 0.25) is 0 Å². The Labute approximate surface area is 122 Å². The Balaban J connectivity index is 2.07. The first-order valence-corrected chi connectivity index (χ1v) is 6.91. The van der Waals surface area contributed by atoms with E-state index in [1.165, 1.54) is 17.0 Å². The second-order valence-corrected chi connectivity index (χ2v) is 5.69. The van der Waals surface area contributed by atoms with Gasteiger partial charge in [-0.25, -0.2) is 9.18 Å². The lowest BCUT2D eigenvalue weighted by atomic mass is 9.91. The highest BCUT2D eigenvalue weighted by atomic mass is 19.1. The number of aliphatic carboxylic acids is 1. The molecule has 1 aliphatic heterocycles. The standard InChI is InChI=1S/C15H19FN2O3/c1-9-3-4-13(12(16)6-9)17-15(21)18-7-10(2)5-11(8-18)14(19)20/h3-4,6,10-11H,5,7-8H2,1-2H3,(H,17,21)(H,19,20). The van der Waals surface area contributed by atoms with E-state index in [0.29, 0.717) is 13.0 Å². The number of hydrogen-bond acceptors (Lipinski definition) is 2. The fraction of sp³-hybridized carbons (Fsp3) is 0.467. The number of piperidine rings is 1. The molecule has 2 rings (SSSR count). The molecule has 1 aliphatic rings. The van der Waals surface area contributed by atoms with Gasteiger partial charge in [-0.2, -0.15) is 0 Å². The van der Waals surface area contributed by atoms with Gasteiger partial charge in [-0.3, -0.25) is 4.79 Å². The number of halogens is 1. The van der Waals surface area contributed by atoms with Crippen molar-refractivity contribution < 1.29 is 19.1 Å². The topological polar surface area (TPSA) is 69.6 Å². The molecule has 2 unspecified atom stereocenters. The Morgan fingerprint density at radius 1 is 1.38 bits per heavy atom. The molecule has 1 aromatic rings. The molecule has 5 nitrogen and oxygen atoms in total. The van der Waals surface area contributed by atoms with Crippen molar-refractivity contribution in [1.29, 1.82) is 0 Å². The van der Waals surface area contributed by atoms with Crippen LogP contribution in [0.15, 0.2) is 18.2 Å². The van der Waals surface area contributed by atoms with Gasteiger partial charge in [-0.15, -0.1) is 0 Å². The third-order valence-electron chi connectivity index (χ3n) is 3.66. The Morgan fingerprint density at radius 3 is 2.71 bits per heavy atom. The summed E-state index contributed by atoms with van der Waals surface area (Å²) in [6, 6.07) is 4.09. The van der Waals surface area contributed by atoms with E-state index in [4.69, 9.17) is 5.11 Å². The van der Waals surface area contributed by atoms with Crippen molar-refractivity contribution >= 4 is 17.7 Å². The second-order valence-electron chi connectivity index (χ2n) is 5.69. The van der Waals surface area contributed by atoms with Crippen LogP contribution >= 0.6 is 0 Å². The summed E-state index contributed by atoms with van der Waals surface area (Å²) < 4.78 is 13.7. The van der Waals surface area contributed by atoms with Crippen molar-refractivity contribution in [3.63, 3.8) is 0 Å². The Morgan fingerprint density at radius 2 is 2.10 bits per heavy atom. The molecule has 1 saturated heterocycles. The zero-order chi connectivity index (χ0) is 15.6. The number of carbonyl (C=O) groups excluding carboxylic acids is 1. The molecule has 0 aromatic heterocycles. The van der Waals surface area contributed by atoms with Crippen LogP contribution in [0.1, 0.15) is 18.9 Å². The molecule has 114 valence electrons. The average molecular weight is 294 g/mol. The van der Waals surface area contributed by atoms with Gasteiger partial charge in [0.05, 0.1) is 11.6 Å².